The summed E-state index contributed by atoms with van der Waals surface area (Å²) >= 11 is 1.70. The molecule has 2 amide bonds. The van der Waals surface area contributed by atoms with Gasteiger partial charge in [0.15, 0.2) is 0 Å². The summed E-state index contributed by atoms with van der Waals surface area (Å²) in [5.74, 6) is 5.41. The first-order valence-electron chi connectivity index (χ1n) is 29.6. The number of nitrogens with two attached hydrogens (primary N) is 2. The molecule has 4 saturated heterocycles. The smallest absolute Gasteiger partial charge is 0.240 e. The maximum Gasteiger partial charge on any atom is 0.240 e. The minimum absolute atomic E-state index is 0.0213. The summed E-state index contributed by atoms with van der Waals surface area (Å²) in [5, 5.41) is 10.6. The van der Waals surface area contributed by atoms with E-state index in [9.17, 15) is 19.2 Å². The Bertz CT molecular complexity index is 2660. The molecule has 460 valence electrons. The molecule has 4 fully saturated rings. The van der Waals surface area contributed by atoms with Crippen molar-refractivity contribution in [2.24, 2.45) is 22.4 Å². The Balaban J connectivity index is 0.000000265. The number of thiazole rings is 1. The Morgan fingerprint density at radius 3 is 2.14 bits per heavy atom. The van der Waals surface area contributed by atoms with Gasteiger partial charge in [-0.1, -0.05) is 86.1 Å². The number of amides is 2. The first kappa shape index (κ1) is 69.6. The Kier molecular flexibility index (Phi) is 28.1. The van der Waals surface area contributed by atoms with Gasteiger partial charge in [-0.15, -0.1) is 11.3 Å². The Morgan fingerprint density at radius 1 is 0.952 bits per heavy atom. The van der Waals surface area contributed by atoms with Gasteiger partial charge in [-0.25, -0.2) is 29.6 Å². The molecule has 83 heavy (non-hydrogen) atoms. The summed E-state index contributed by atoms with van der Waals surface area (Å²) in [6.07, 6.45) is 13.7. The molecule has 8 rings (SSSR count). The molecule has 7 N–H and O–H groups in total. The molecule has 1 spiro atoms. The van der Waals surface area contributed by atoms with Crippen molar-refractivity contribution in [1.29, 1.82) is 0 Å². The number of halogens is 2. The second-order valence-corrected chi connectivity index (χ2v) is 25.3. The number of aryl methyl sites for hydroxylation is 2. The fourth-order valence-electron chi connectivity index (χ4n) is 9.97. The molecule has 4 aliphatic rings. The normalized spacial score (nSPS) is 18.5. The summed E-state index contributed by atoms with van der Waals surface area (Å²) < 4.78 is 30.5. The van der Waals surface area contributed by atoms with Gasteiger partial charge in [-0.2, -0.15) is 0 Å². The van der Waals surface area contributed by atoms with Crippen LogP contribution in [0.15, 0.2) is 66.2 Å². The van der Waals surface area contributed by atoms with Gasteiger partial charge in [0.1, 0.15) is 36.4 Å². The van der Waals surface area contributed by atoms with Crippen molar-refractivity contribution >= 4 is 47.2 Å². The van der Waals surface area contributed by atoms with E-state index < -0.39 is 23.2 Å². The van der Waals surface area contributed by atoms with Crippen LogP contribution in [0.4, 0.5) is 20.3 Å². The number of hydrazine groups is 1. The summed E-state index contributed by atoms with van der Waals surface area (Å²) in [5.41, 5.74) is 12.9. The van der Waals surface area contributed by atoms with Gasteiger partial charge in [0.25, 0.3) is 0 Å². The summed E-state index contributed by atoms with van der Waals surface area (Å²) in [6.45, 7) is 28.3. The zero-order valence-electron chi connectivity index (χ0n) is 52.1. The molecule has 0 aliphatic carbocycles. The number of carbonyl (C=O) groups excluding carboxylic acids is 4. The number of likely N-dealkylation sites (N-methyl/N-ethyl adjacent to an activating group) is 1. The van der Waals surface area contributed by atoms with Crippen LogP contribution in [-0.4, -0.2) is 138 Å². The van der Waals surface area contributed by atoms with Crippen LogP contribution < -0.4 is 37.3 Å². The predicted molar refractivity (Wildman–Crippen MR) is 334 cm³/mol. The highest BCUT2D eigenvalue weighted by Gasteiger charge is 2.42. The van der Waals surface area contributed by atoms with Crippen molar-refractivity contribution in [3.05, 3.63) is 100 Å². The second kappa shape index (κ2) is 33.5. The van der Waals surface area contributed by atoms with Crippen LogP contribution in [0, 0.1) is 36.3 Å². The minimum Gasteiger partial charge on any atom is -0.401 e. The molecule has 4 aromatic rings. The van der Waals surface area contributed by atoms with E-state index in [0.717, 1.165) is 75.1 Å². The van der Waals surface area contributed by atoms with E-state index in [1.807, 2.05) is 60.3 Å². The lowest BCUT2D eigenvalue weighted by Crippen LogP contribution is -2.66. The van der Waals surface area contributed by atoms with Crippen LogP contribution in [0.2, 0.25) is 0 Å². The van der Waals surface area contributed by atoms with E-state index in [1.54, 1.807) is 28.8 Å². The third kappa shape index (κ3) is 22.5. The van der Waals surface area contributed by atoms with Crippen LogP contribution >= 0.6 is 11.3 Å². The molecular weight excluding hydrogens is 1070 g/mol. The molecule has 20 heteroatoms. The maximum absolute atomic E-state index is 15.3. The number of anilines is 2. The lowest BCUT2D eigenvalue weighted by atomic mass is 9.82. The van der Waals surface area contributed by atoms with Crippen molar-refractivity contribution in [3.8, 4) is 10.4 Å². The molecule has 3 unspecified atom stereocenters. The monoisotopic (exact) mass is 1170 g/mol. The van der Waals surface area contributed by atoms with Crippen molar-refractivity contribution in [1.82, 2.24) is 45.7 Å². The van der Waals surface area contributed by atoms with Gasteiger partial charge in [0.05, 0.1) is 45.9 Å². The van der Waals surface area contributed by atoms with Gasteiger partial charge < -0.3 is 46.1 Å². The van der Waals surface area contributed by atoms with E-state index in [4.69, 9.17) is 11.6 Å². The van der Waals surface area contributed by atoms with Gasteiger partial charge in [0, 0.05) is 80.5 Å². The number of carbonyl (C=O) groups is 4. The molecule has 3 atom stereocenters. The van der Waals surface area contributed by atoms with Gasteiger partial charge >= 0.3 is 0 Å². The van der Waals surface area contributed by atoms with Gasteiger partial charge in [-0.05, 0) is 134 Å². The summed E-state index contributed by atoms with van der Waals surface area (Å²) in [6, 6.07) is 13.4. The SMILES string of the molecule is CC/C(N)=C/N(N)CCCC(=O)NC(C=O)C(C)(C)C.CCC.CN1CCCC1C=O.CNC(C)c1ccc(-c2scnc2C)cc1.Cc1cc(N2CCC3(CC2)CN(c2cc(F)c(CN4CCC(C)(C)CC4)cc2F)CC(=O)N3)ncn1. The topological polar surface area (TPSA) is 211 Å². The Labute approximate surface area is 498 Å². The quantitative estimate of drug-likeness (QED) is 0.0402. The number of rotatable bonds is 16. The van der Waals surface area contributed by atoms with E-state index in [-0.39, 0.29) is 35.5 Å². The Hall–Kier alpha value is -5.93. The number of benzene rings is 2. The highest BCUT2D eigenvalue weighted by Crippen LogP contribution is 2.35. The molecule has 0 saturated carbocycles. The fraction of sp³-hybridized carbons (Fsp3) is 0.603. The third-order valence-electron chi connectivity index (χ3n) is 15.7. The number of hydrogen-bond acceptors (Lipinski definition) is 16. The minimum atomic E-state index is -0.476. The lowest BCUT2D eigenvalue weighted by molar-refractivity contribution is -0.125. The van der Waals surface area contributed by atoms with Crippen molar-refractivity contribution in [2.75, 3.05) is 76.3 Å². The molecule has 0 bridgehead atoms. The number of aldehydes is 2. The highest BCUT2D eigenvalue weighted by atomic mass is 32.1. The third-order valence-corrected chi connectivity index (χ3v) is 16.6. The largest absolute Gasteiger partial charge is 0.401 e. The molecular formula is C63H99F2N13O4S. The van der Waals surface area contributed by atoms with Crippen molar-refractivity contribution in [3.63, 3.8) is 0 Å². The van der Waals surface area contributed by atoms with E-state index in [2.05, 4.69) is 111 Å². The van der Waals surface area contributed by atoms with Crippen LogP contribution in [0.1, 0.15) is 155 Å². The molecule has 4 aliphatic heterocycles. The van der Waals surface area contributed by atoms with Crippen LogP contribution in [-0.2, 0) is 25.7 Å². The summed E-state index contributed by atoms with van der Waals surface area (Å²) in [7, 11) is 3.97. The number of piperazine rings is 1. The number of likely N-dealkylation sites (tertiary alicyclic amines) is 2. The van der Waals surface area contributed by atoms with Crippen LogP contribution in [0.25, 0.3) is 10.4 Å². The molecule has 2 aromatic carbocycles. The average molecular weight is 1170 g/mol. The molecule has 17 nitrogen and oxygen atoms in total. The molecule has 6 heterocycles. The highest BCUT2D eigenvalue weighted by molar-refractivity contribution is 7.13. The lowest BCUT2D eigenvalue weighted by Gasteiger charge is -2.48. The number of allylic oxidation sites excluding steroid dienone is 1. The van der Waals surface area contributed by atoms with E-state index >= 15 is 8.78 Å². The fourth-order valence-corrected chi connectivity index (χ4v) is 10.8. The Morgan fingerprint density at radius 2 is 1.61 bits per heavy atom. The van der Waals surface area contributed by atoms with E-state index in [0.29, 0.717) is 81.1 Å². The zero-order chi connectivity index (χ0) is 61.5. The van der Waals surface area contributed by atoms with Gasteiger partial charge in [0.2, 0.25) is 11.8 Å². The molecule has 2 aromatic heterocycles. The van der Waals surface area contributed by atoms with E-state index in [1.165, 1.54) is 46.0 Å². The predicted octanol–water partition coefficient (Wildman–Crippen LogP) is 9.64. The molecule has 0 radical (unpaired) electrons. The standard InChI is InChI=1S/C27H36F2N6O.C14H28N4O2.C13H16N2S.C6H11NO.C3H8/c1-19-12-24(31-18-30-19)34-10-6-27(7-11-34)17-35(16-25(36)32-27)23-14-21(28)20(13-22(23)29)15-33-8-4-26(2,3)5-9-33;1-5-11(15)9-18(16)8-6-7-13(20)17-12(10-19)14(2,3)4;1-9(14-3)11-4-6-12(7-5-11)13-10(2)15-8-16-13;1-7-4-2-3-6(7)5-8;1-3-2/h12-14,18H,4-11,15-17H2,1-3H3,(H,32,36);9-10,12H,5-8,15-16H2,1-4H3,(H,17,20);4-9,14H,1-3H3;5-6H,2-4H2,1H3;3H2,1-2H3/b;11-9-;;;. The number of hydrogen-bond donors (Lipinski definition) is 5. The summed E-state index contributed by atoms with van der Waals surface area (Å²) in [4.78, 5) is 67.8. The average Bonchev–Trinajstić information content (AvgIpc) is 3.55. The van der Waals surface area contributed by atoms with Gasteiger partial charge in [-0.3, -0.25) is 19.4 Å². The number of piperidine rings is 2. The van der Waals surface area contributed by atoms with Crippen molar-refractivity contribution < 1.29 is 28.0 Å². The second-order valence-electron chi connectivity index (χ2n) is 24.4. The van der Waals surface area contributed by atoms with Crippen LogP contribution in [0.5, 0.6) is 0 Å². The first-order valence-corrected chi connectivity index (χ1v) is 30.5. The number of aromatic nitrogens is 3. The number of nitrogens with zero attached hydrogens (tertiary/aromatic N) is 8. The first-order chi connectivity index (χ1) is 39.3. The zero-order valence-corrected chi connectivity index (χ0v) is 52.9. The van der Waals surface area contributed by atoms with Crippen LogP contribution in [0.3, 0.4) is 0 Å². The van der Waals surface area contributed by atoms with Crippen molar-refractivity contribution in [2.45, 2.75) is 171 Å². The maximum atomic E-state index is 15.3. The number of nitrogens with one attached hydrogen (secondary N) is 3.